The number of rotatable bonds is 8. The summed E-state index contributed by atoms with van der Waals surface area (Å²) in [6, 6.07) is 0.639. The zero-order valence-corrected chi connectivity index (χ0v) is 10.1. The molecule has 0 rings (SSSR count). The highest BCUT2D eigenvalue weighted by Crippen LogP contribution is 1.97. The molecule has 0 aromatic carbocycles. The monoisotopic (exact) mass is 202 g/mol. The molecule has 86 valence electrons. The average Bonchev–Trinajstić information content (AvgIpc) is 2.09. The third-order valence-corrected chi connectivity index (χ3v) is 2.44. The number of nitrogens with one attached hydrogen (secondary N) is 1. The molecule has 3 heteroatoms. The number of hydrogen-bond donors (Lipinski definition) is 2. The first-order chi connectivity index (χ1) is 6.54. The van der Waals surface area contributed by atoms with Crippen molar-refractivity contribution in [1.29, 1.82) is 0 Å². The van der Waals surface area contributed by atoms with Crippen molar-refractivity contribution in [3.8, 4) is 0 Å². The smallest absolute Gasteiger partial charge is 0.0636 e. The van der Waals surface area contributed by atoms with Crippen molar-refractivity contribution in [2.24, 2.45) is 0 Å². The SMILES string of the molecule is CC(O)CNCCCCN(C)C(C)C. The lowest BCUT2D eigenvalue weighted by Gasteiger charge is -2.20. The highest BCUT2D eigenvalue weighted by Gasteiger charge is 2.01. The molecule has 0 fully saturated rings. The second-order valence-corrected chi connectivity index (χ2v) is 4.33. The maximum absolute atomic E-state index is 9.00. The van der Waals surface area contributed by atoms with Gasteiger partial charge in [-0.3, -0.25) is 0 Å². The van der Waals surface area contributed by atoms with Gasteiger partial charge in [0.05, 0.1) is 6.10 Å². The first kappa shape index (κ1) is 13.9. The topological polar surface area (TPSA) is 35.5 Å². The number of unbranched alkanes of at least 4 members (excludes halogenated alkanes) is 1. The van der Waals surface area contributed by atoms with Crippen LogP contribution in [0.2, 0.25) is 0 Å². The van der Waals surface area contributed by atoms with Crippen LogP contribution in [0.3, 0.4) is 0 Å². The van der Waals surface area contributed by atoms with Crippen LogP contribution < -0.4 is 5.32 Å². The molecular weight excluding hydrogens is 176 g/mol. The van der Waals surface area contributed by atoms with Crippen molar-refractivity contribution in [3.63, 3.8) is 0 Å². The van der Waals surface area contributed by atoms with E-state index in [1.807, 2.05) is 0 Å². The van der Waals surface area contributed by atoms with Crippen LogP contribution in [0.1, 0.15) is 33.6 Å². The fourth-order valence-corrected chi connectivity index (χ4v) is 1.18. The van der Waals surface area contributed by atoms with Gasteiger partial charge in [-0.1, -0.05) is 0 Å². The van der Waals surface area contributed by atoms with Gasteiger partial charge >= 0.3 is 0 Å². The standard InChI is InChI=1S/C11H26N2O/c1-10(2)13(4)8-6-5-7-12-9-11(3)14/h10-12,14H,5-9H2,1-4H3. The van der Waals surface area contributed by atoms with Crippen LogP contribution in [-0.4, -0.2) is 48.8 Å². The summed E-state index contributed by atoms with van der Waals surface area (Å²) in [6.07, 6.45) is 2.18. The van der Waals surface area contributed by atoms with E-state index in [-0.39, 0.29) is 6.10 Å². The number of aliphatic hydroxyl groups is 1. The second-order valence-electron chi connectivity index (χ2n) is 4.33. The number of nitrogens with zero attached hydrogens (tertiary/aromatic N) is 1. The van der Waals surface area contributed by atoms with Gasteiger partial charge in [-0.15, -0.1) is 0 Å². The summed E-state index contributed by atoms with van der Waals surface area (Å²) in [4.78, 5) is 2.36. The van der Waals surface area contributed by atoms with E-state index in [0.29, 0.717) is 12.6 Å². The molecule has 0 radical (unpaired) electrons. The van der Waals surface area contributed by atoms with Gasteiger partial charge in [-0.05, 0) is 53.8 Å². The van der Waals surface area contributed by atoms with Crippen LogP contribution in [0, 0.1) is 0 Å². The predicted molar refractivity (Wildman–Crippen MR) is 61.6 cm³/mol. The minimum Gasteiger partial charge on any atom is -0.392 e. The quantitative estimate of drug-likeness (QED) is 0.578. The van der Waals surface area contributed by atoms with Gasteiger partial charge in [0.15, 0.2) is 0 Å². The number of hydrogen-bond acceptors (Lipinski definition) is 3. The molecule has 2 N–H and O–H groups in total. The summed E-state index contributed by atoms with van der Waals surface area (Å²) < 4.78 is 0. The number of aliphatic hydroxyl groups excluding tert-OH is 1. The Bertz CT molecular complexity index is 126. The van der Waals surface area contributed by atoms with Gasteiger partial charge in [0.25, 0.3) is 0 Å². The molecule has 0 heterocycles. The van der Waals surface area contributed by atoms with E-state index in [1.165, 1.54) is 12.8 Å². The van der Waals surface area contributed by atoms with E-state index in [4.69, 9.17) is 5.11 Å². The Kier molecular flexibility index (Phi) is 8.14. The van der Waals surface area contributed by atoms with Gasteiger partial charge in [-0.25, -0.2) is 0 Å². The molecule has 3 nitrogen and oxygen atoms in total. The van der Waals surface area contributed by atoms with Crippen LogP contribution in [0.15, 0.2) is 0 Å². The maximum Gasteiger partial charge on any atom is 0.0636 e. The Balaban J connectivity index is 3.13. The molecule has 0 aromatic heterocycles. The van der Waals surface area contributed by atoms with Gasteiger partial charge in [-0.2, -0.15) is 0 Å². The van der Waals surface area contributed by atoms with Gasteiger partial charge in [0, 0.05) is 12.6 Å². The van der Waals surface area contributed by atoms with Crippen LogP contribution in [-0.2, 0) is 0 Å². The molecule has 0 aliphatic heterocycles. The summed E-state index contributed by atoms with van der Waals surface area (Å²) in [5.41, 5.74) is 0. The Labute approximate surface area is 88.5 Å². The third-order valence-electron chi connectivity index (χ3n) is 2.44. The second kappa shape index (κ2) is 8.21. The lowest BCUT2D eigenvalue weighted by atomic mass is 10.2. The lowest BCUT2D eigenvalue weighted by Crippen LogP contribution is -2.29. The van der Waals surface area contributed by atoms with E-state index >= 15 is 0 Å². The molecule has 0 aliphatic carbocycles. The third kappa shape index (κ3) is 8.48. The normalized spacial score (nSPS) is 13.9. The van der Waals surface area contributed by atoms with Crippen LogP contribution >= 0.6 is 0 Å². The molecular formula is C11H26N2O. The predicted octanol–water partition coefficient (Wildman–Crippen LogP) is 1.08. The van der Waals surface area contributed by atoms with E-state index in [9.17, 15) is 0 Å². The molecule has 0 aromatic rings. The molecule has 0 bridgehead atoms. The minimum atomic E-state index is -0.228. The molecule has 0 saturated heterocycles. The lowest BCUT2D eigenvalue weighted by molar-refractivity contribution is 0.191. The largest absolute Gasteiger partial charge is 0.392 e. The Morgan fingerprint density at radius 3 is 2.36 bits per heavy atom. The Morgan fingerprint density at radius 2 is 1.86 bits per heavy atom. The van der Waals surface area contributed by atoms with E-state index in [1.54, 1.807) is 6.92 Å². The summed E-state index contributed by atoms with van der Waals surface area (Å²) in [5.74, 6) is 0. The van der Waals surface area contributed by atoms with E-state index < -0.39 is 0 Å². The zero-order chi connectivity index (χ0) is 11.0. The van der Waals surface area contributed by atoms with Crippen molar-refractivity contribution in [2.45, 2.75) is 45.8 Å². The molecule has 0 spiro atoms. The first-order valence-corrected chi connectivity index (χ1v) is 5.63. The maximum atomic E-state index is 9.00. The first-order valence-electron chi connectivity index (χ1n) is 5.63. The molecule has 0 saturated carbocycles. The summed E-state index contributed by atoms with van der Waals surface area (Å²) in [6.45, 7) is 9.11. The van der Waals surface area contributed by atoms with Crippen molar-refractivity contribution in [3.05, 3.63) is 0 Å². The van der Waals surface area contributed by atoms with E-state index in [0.717, 1.165) is 13.1 Å². The summed E-state index contributed by atoms with van der Waals surface area (Å²) in [7, 11) is 2.16. The summed E-state index contributed by atoms with van der Waals surface area (Å²) >= 11 is 0. The van der Waals surface area contributed by atoms with Crippen molar-refractivity contribution in [2.75, 3.05) is 26.7 Å². The van der Waals surface area contributed by atoms with Crippen LogP contribution in [0.25, 0.3) is 0 Å². The molecule has 1 unspecified atom stereocenters. The fraction of sp³-hybridized carbons (Fsp3) is 1.00. The average molecular weight is 202 g/mol. The van der Waals surface area contributed by atoms with Gasteiger partial charge in [0.2, 0.25) is 0 Å². The molecule has 14 heavy (non-hydrogen) atoms. The van der Waals surface area contributed by atoms with Crippen LogP contribution in [0.4, 0.5) is 0 Å². The van der Waals surface area contributed by atoms with Crippen molar-refractivity contribution in [1.82, 2.24) is 10.2 Å². The van der Waals surface area contributed by atoms with Crippen molar-refractivity contribution >= 4 is 0 Å². The van der Waals surface area contributed by atoms with Gasteiger partial charge in [0.1, 0.15) is 0 Å². The minimum absolute atomic E-state index is 0.228. The van der Waals surface area contributed by atoms with Gasteiger partial charge < -0.3 is 15.3 Å². The van der Waals surface area contributed by atoms with E-state index in [2.05, 4.69) is 31.1 Å². The molecule has 0 amide bonds. The summed E-state index contributed by atoms with van der Waals surface area (Å²) in [5, 5.41) is 12.2. The molecule has 0 aliphatic rings. The Hall–Kier alpha value is -0.120. The highest BCUT2D eigenvalue weighted by atomic mass is 16.3. The molecule has 1 atom stereocenters. The zero-order valence-electron chi connectivity index (χ0n) is 10.1. The fourth-order valence-electron chi connectivity index (χ4n) is 1.18. The van der Waals surface area contributed by atoms with Crippen LogP contribution in [0.5, 0.6) is 0 Å². The Morgan fingerprint density at radius 1 is 1.21 bits per heavy atom. The highest BCUT2D eigenvalue weighted by molar-refractivity contribution is 4.58. The van der Waals surface area contributed by atoms with Crippen molar-refractivity contribution < 1.29 is 5.11 Å².